The molecule has 0 radical (unpaired) electrons. The van der Waals surface area contributed by atoms with Crippen LogP contribution < -0.4 is 4.74 Å². The zero-order valence-corrected chi connectivity index (χ0v) is 19.9. The maximum Gasteiger partial charge on any atom is 0.256 e. The number of rotatable bonds is 3. The fourth-order valence-corrected chi connectivity index (χ4v) is 4.83. The minimum absolute atomic E-state index is 0.0415. The monoisotopic (exact) mass is 476 g/mol. The Morgan fingerprint density at radius 3 is 2.62 bits per heavy atom. The normalized spacial score (nSPS) is 13.9. The summed E-state index contributed by atoms with van der Waals surface area (Å²) in [6.07, 6.45) is 2.45. The van der Waals surface area contributed by atoms with Crippen molar-refractivity contribution in [3.8, 4) is 16.9 Å². The van der Waals surface area contributed by atoms with E-state index in [1.165, 1.54) is 12.3 Å². The molecule has 4 aromatic rings. The van der Waals surface area contributed by atoms with Gasteiger partial charge in [-0.2, -0.15) is 0 Å². The van der Waals surface area contributed by atoms with Gasteiger partial charge in [-0.15, -0.1) is 0 Å². The molecule has 8 nitrogen and oxygen atoms in total. The number of H-pyrrole nitrogens is 1. The van der Waals surface area contributed by atoms with Gasteiger partial charge in [-0.05, 0) is 60.9 Å². The lowest BCUT2D eigenvalue weighted by molar-refractivity contribution is 0.0732. The van der Waals surface area contributed by atoms with E-state index in [2.05, 4.69) is 21.0 Å². The van der Waals surface area contributed by atoms with E-state index in [4.69, 9.17) is 4.74 Å². The molecular weight excluding hydrogens is 452 g/mol. The van der Waals surface area contributed by atoms with E-state index in [0.29, 0.717) is 30.8 Å². The van der Waals surface area contributed by atoms with Crippen LogP contribution in [0.5, 0.6) is 5.75 Å². The quantitative estimate of drug-likeness (QED) is 0.484. The molecular formula is C25H24N4O4S. The number of sulfone groups is 1. The molecule has 0 unspecified atom stereocenters. The molecule has 1 aliphatic heterocycles. The summed E-state index contributed by atoms with van der Waals surface area (Å²) in [6, 6.07) is 13.5. The van der Waals surface area contributed by atoms with Crippen molar-refractivity contribution in [2.24, 2.45) is 0 Å². The Morgan fingerprint density at radius 1 is 1.09 bits per heavy atom. The molecule has 2 aromatic carbocycles. The number of aromatic nitrogens is 3. The molecule has 1 aliphatic rings. The number of carbonyl (C=O) groups is 1. The number of amides is 1. The Hall–Kier alpha value is -3.72. The van der Waals surface area contributed by atoms with Crippen LogP contribution in [0.2, 0.25) is 0 Å². The summed E-state index contributed by atoms with van der Waals surface area (Å²) < 4.78 is 29.5. The van der Waals surface area contributed by atoms with Crippen molar-refractivity contribution in [3.63, 3.8) is 0 Å². The standard InChI is InChI=1S/C25H24N4O4S/c1-15-10-24(34(3,31)32)26-13-20(15)25(30)29-8-9-33-23-7-5-17(11-19(23)14-29)18-4-6-21-22(12-18)28-16(2)27-21/h4-7,10-13H,8-9,14H2,1-3H3,(H,27,28). The minimum Gasteiger partial charge on any atom is -0.491 e. The Morgan fingerprint density at radius 2 is 1.85 bits per heavy atom. The van der Waals surface area contributed by atoms with Crippen molar-refractivity contribution < 1.29 is 17.9 Å². The topological polar surface area (TPSA) is 105 Å². The molecule has 34 heavy (non-hydrogen) atoms. The summed E-state index contributed by atoms with van der Waals surface area (Å²) in [5.41, 5.74) is 5.80. The highest BCUT2D eigenvalue weighted by atomic mass is 32.2. The van der Waals surface area contributed by atoms with Crippen LogP contribution in [0.15, 0.2) is 53.7 Å². The molecule has 2 aromatic heterocycles. The third-order valence-corrected chi connectivity index (χ3v) is 6.94. The number of benzene rings is 2. The highest BCUT2D eigenvalue weighted by molar-refractivity contribution is 7.90. The summed E-state index contributed by atoms with van der Waals surface area (Å²) in [5, 5.41) is -0.0415. The van der Waals surface area contributed by atoms with Crippen LogP contribution in [-0.4, -0.2) is 53.6 Å². The van der Waals surface area contributed by atoms with E-state index >= 15 is 0 Å². The molecule has 3 heterocycles. The first kappa shape index (κ1) is 22.1. The van der Waals surface area contributed by atoms with Gasteiger partial charge in [0.25, 0.3) is 5.91 Å². The number of hydrogen-bond donors (Lipinski definition) is 1. The second kappa shape index (κ2) is 8.25. The lowest BCUT2D eigenvalue weighted by Crippen LogP contribution is -2.33. The van der Waals surface area contributed by atoms with Gasteiger partial charge in [0.1, 0.15) is 18.2 Å². The molecule has 1 N–H and O–H groups in total. The molecule has 1 amide bonds. The van der Waals surface area contributed by atoms with E-state index in [9.17, 15) is 13.2 Å². The molecule has 0 spiro atoms. The third-order valence-electron chi connectivity index (χ3n) is 5.96. The Labute approximate surface area is 197 Å². The van der Waals surface area contributed by atoms with Crippen molar-refractivity contribution in [2.45, 2.75) is 25.4 Å². The predicted octanol–water partition coefficient (Wildman–Crippen LogP) is 3.68. The summed E-state index contributed by atoms with van der Waals surface area (Å²) in [7, 11) is -3.44. The van der Waals surface area contributed by atoms with Gasteiger partial charge in [0.2, 0.25) is 0 Å². The minimum atomic E-state index is -3.44. The smallest absolute Gasteiger partial charge is 0.256 e. The second-order valence-electron chi connectivity index (χ2n) is 8.56. The Kier molecular flexibility index (Phi) is 5.36. The van der Waals surface area contributed by atoms with Crippen molar-refractivity contribution >= 4 is 26.8 Å². The van der Waals surface area contributed by atoms with Crippen LogP contribution in [0.3, 0.4) is 0 Å². The first-order chi connectivity index (χ1) is 16.2. The van der Waals surface area contributed by atoms with Crippen molar-refractivity contribution in [3.05, 3.63) is 71.2 Å². The number of pyridine rings is 1. The van der Waals surface area contributed by atoms with Gasteiger partial charge in [0.15, 0.2) is 14.9 Å². The average molecular weight is 477 g/mol. The van der Waals surface area contributed by atoms with Gasteiger partial charge in [0.05, 0.1) is 23.1 Å². The fourth-order valence-electron chi connectivity index (χ4n) is 4.19. The molecule has 0 saturated carbocycles. The van der Waals surface area contributed by atoms with Crippen LogP contribution in [-0.2, 0) is 16.4 Å². The molecule has 0 atom stereocenters. The second-order valence-corrected chi connectivity index (χ2v) is 10.5. The van der Waals surface area contributed by atoms with Crippen molar-refractivity contribution in [2.75, 3.05) is 19.4 Å². The molecule has 174 valence electrons. The number of carbonyl (C=O) groups excluding carboxylic acids is 1. The number of nitrogens with zero attached hydrogens (tertiary/aromatic N) is 3. The molecule has 0 aliphatic carbocycles. The predicted molar refractivity (Wildman–Crippen MR) is 129 cm³/mol. The van der Waals surface area contributed by atoms with Crippen LogP contribution in [0, 0.1) is 13.8 Å². The van der Waals surface area contributed by atoms with E-state index in [1.807, 2.05) is 37.3 Å². The van der Waals surface area contributed by atoms with Crippen molar-refractivity contribution in [1.82, 2.24) is 19.9 Å². The number of aromatic amines is 1. The zero-order valence-electron chi connectivity index (χ0n) is 19.1. The first-order valence-electron chi connectivity index (χ1n) is 10.9. The van der Waals surface area contributed by atoms with Crippen LogP contribution >= 0.6 is 0 Å². The molecule has 5 rings (SSSR count). The molecule has 0 bridgehead atoms. The van der Waals surface area contributed by atoms with Crippen LogP contribution in [0.25, 0.3) is 22.2 Å². The molecule has 0 fully saturated rings. The number of fused-ring (bicyclic) bond motifs is 2. The van der Waals surface area contributed by atoms with Gasteiger partial charge in [-0.25, -0.2) is 18.4 Å². The first-order valence-corrected chi connectivity index (χ1v) is 12.8. The number of ether oxygens (including phenoxy) is 1. The van der Waals surface area contributed by atoms with Crippen molar-refractivity contribution in [1.29, 1.82) is 0 Å². The number of hydrogen-bond acceptors (Lipinski definition) is 6. The van der Waals surface area contributed by atoms with Gasteiger partial charge in [0, 0.05) is 24.6 Å². The lowest BCUT2D eigenvalue weighted by atomic mass is 10.0. The van der Waals surface area contributed by atoms with E-state index in [1.54, 1.807) is 11.8 Å². The summed E-state index contributed by atoms with van der Waals surface area (Å²) in [6.45, 7) is 4.80. The van der Waals surface area contributed by atoms with E-state index in [-0.39, 0.29) is 10.9 Å². The highest BCUT2D eigenvalue weighted by Crippen LogP contribution is 2.31. The van der Waals surface area contributed by atoms with Gasteiger partial charge in [-0.3, -0.25) is 4.79 Å². The maximum absolute atomic E-state index is 13.3. The number of aryl methyl sites for hydroxylation is 2. The Bertz CT molecular complexity index is 1540. The Balaban J connectivity index is 1.45. The van der Waals surface area contributed by atoms with E-state index in [0.717, 1.165) is 45.6 Å². The summed E-state index contributed by atoms with van der Waals surface area (Å²) >= 11 is 0. The van der Waals surface area contributed by atoms with Crippen LogP contribution in [0.1, 0.15) is 27.3 Å². The zero-order chi connectivity index (χ0) is 24.0. The summed E-state index contributed by atoms with van der Waals surface area (Å²) in [5.74, 6) is 1.41. The maximum atomic E-state index is 13.3. The average Bonchev–Trinajstić information content (AvgIpc) is 3.03. The highest BCUT2D eigenvalue weighted by Gasteiger charge is 2.24. The largest absolute Gasteiger partial charge is 0.491 e. The van der Waals surface area contributed by atoms with Gasteiger partial charge in [-0.1, -0.05) is 12.1 Å². The lowest BCUT2D eigenvalue weighted by Gasteiger charge is -2.21. The van der Waals surface area contributed by atoms with Gasteiger partial charge >= 0.3 is 0 Å². The summed E-state index contributed by atoms with van der Waals surface area (Å²) in [4.78, 5) is 26.8. The van der Waals surface area contributed by atoms with Crippen LogP contribution in [0.4, 0.5) is 0 Å². The van der Waals surface area contributed by atoms with E-state index < -0.39 is 9.84 Å². The van der Waals surface area contributed by atoms with Gasteiger partial charge < -0.3 is 14.6 Å². The molecule has 9 heteroatoms. The SMILES string of the molecule is Cc1nc2ccc(-c3ccc4c(c3)CN(C(=O)c3cnc(S(C)(=O)=O)cc3C)CCO4)cc2[nH]1. The third kappa shape index (κ3) is 4.14. The number of imidazole rings is 1. The fraction of sp³-hybridized carbons (Fsp3) is 0.240. The molecule has 0 saturated heterocycles. The number of nitrogens with one attached hydrogen (secondary N) is 1.